The molecule has 0 radical (unpaired) electrons. The van der Waals surface area contributed by atoms with Crippen LogP contribution in [0, 0.1) is 17.7 Å². The quantitative estimate of drug-likeness (QED) is 0.774. The third-order valence-electron chi connectivity index (χ3n) is 4.24. The summed E-state index contributed by atoms with van der Waals surface area (Å²) in [6.07, 6.45) is -1.77. The predicted octanol–water partition coefficient (Wildman–Crippen LogP) is 2.63. The number of carbonyl (C=O) groups excluding carboxylic acids is 1. The van der Waals surface area contributed by atoms with Gasteiger partial charge in [-0.2, -0.15) is 0 Å². The Bertz CT molecular complexity index is 901. The van der Waals surface area contributed by atoms with Gasteiger partial charge in [0.2, 0.25) is 0 Å². The van der Waals surface area contributed by atoms with E-state index in [2.05, 4.69) is 11.8 Å². The van der Waals surface area contributed by atoms with Crippen molar-refractivity contribution in [3.8, 4) is 17.6 Å². The third kappa shape index (κ3) is 4.60. The second-order valence-corrected chi connectivity index (χ2v) is 6.30. The van der Waals surface area contributed by atoms with Crippen molar-refractivity contribution in [1.29, 1.82) is 0 Å². The second-order valence-electron chi connectivity index (χ2n) is 6.30. The van der Waals surface area contributed by atoms with Crippen molar-refractivity contribution >= 4 is 11.8 Å². The minimum Gasteiger partial charge on any atom is -0.481 e. The molecule has 0 bridgehead atoms. The summed E-state index contributed by atoms with van der Waals surface area (Å²) in [6, 6.07) is 11.2. The monoisotopic (exact) mass is 385 g/mol. The molecule has 7 heteroatoms. The summed E-state index contributed by atoms with van der Waals surface area (Å²) in [7, 11) is 0. The highest BCUT2D eigenvalue weighted by Crippen LogP contribution is 2.23. The van der Waals surface area contributed by atoms with Gasteiger partial charge in [0.15, 0.2) is 0 Å². The summed E-state index contributed by atoms with van der Waals surface area (Å²) in [5, 5.41) is 18.5. The van der Waals surface area contributed by atoms with Crippen LogP contribution in [0.15, 0.2) is 42.5 Å². The lowest BCUT2D eigenvalue weighted by Crippen LogP contribution is -2.25. The summed E-state index contributed by atoms with van der Waals surface area (Å²) < 4.78 is 24.7. The Balaban J connectivity index is 1.60. The van der Waals surface area contributed by atoms with E-state index in [0.717, 1.165) is 5.56 Å². The summed E-state index contributed by atoms with van der Waals surface area (Å²) in [5.41, 5.74) is 1.31. The molecular weight excluding hydrogens is 365 g/mol. The van der Waals surface area contributed by atoms with Crippen LogP contribution in [0.2, 0.25) is 0 Å². The second kappa shape index (κ2) is 8.74. The van der Waals surface area contributed by atoms with Crippen LogP contribution in [0.5, 0.6) is 5.75 Å². The molecule has 2 aromatic carbocycles. The summed E-state index contributed by atoms with van der Waals surface area (Å²) in [5.74, 6) is 5.47. The molecule has 1 amide bonds. The van der Waals surface area contributed by atoms with Gasteiger partial charge in [-0.05, 0) is 42.8 Å². The van der Waals surface area contributed by atoms with Gasteiger partial charge in [0, 0.05) is 0 Å². The van der Waals surface area contributed by atoms with Crippen LogP contribution in [-0.4, -0.2) is 42.2 Å². The number of aliphatic hydroxyl groups is 2. The average molecular weight is 385 g/mol. The molecule has 0 saturated carbocycles. The minimum atomic E-state index is -0.618. The molecule has 1 aliphatic rings. The lowest BCUT2D eigenvalue weighted by molar-refractivity contribution is 0.0963. The first-order chi connectivity index (χ1) is 13.5. The standard InChI is InChI=1S/C21H20FNO5/c1-14(25)15-5-8-18(9-6-15)27-10-2-3-16-4-7-17(11-20(16)22)23-12-19(13-24)28-21(23)26/h4-9,11,14,19,24-25H,10,12-13H2,1H3/t14?,19-/m1/s1. The number of cyclic esters (lactones) is 1. The molecule has 0 spiro atoms. The topological polar surface area (TPSA) is 79.2 Å². The average Bonchev–Trinajstić information content (AvgIpc) is 3.07. The summed E-state index contributed by atoms with van der Waals surface area (Å²) in [4.78, 5) is 13.0. The number of hydrogen-bond acceptors (Lipinski definition) is 5. The van der Waals surface area contributed by atoms with Crippen molar-refractivity contribution in [2.24, 2.45) is 0 Å². The molecule has 1 heterocycles. The Morgan fingerprint density at radius 3 is 2.68 bits per heavy atom. The van der Waals surface area contributed by atoms with Crippen molar-refractivity contribution in [1.82, 2.24) is 0 Å². The third-order valence-corrected chi connectivity index (χ3v) is 4.24. The van der Waals surface area contributed by atoms with Gasteiger partial charge in [-0.1, -0.05) is 24.0 Å². The van der Waals surface area contributed by atoms with Crippen LogP contribution in [-0.2, 0) is 4.74 Å². The Labute approximate surface area is 162 Å². The fourth-order valence-corrected chi connectivity index (χ4v) is 2.69. The number of ether oxygens (including phenoxy) is 2. The molecule has 28 heavy (non-hydrogen) atoms. The van der Waals surface area contributed by atoms with Crippen molar-refractivity contribution in [3.05, 3.63) is 59.4 Å². The lowest BCUT2D eigenvalue weighted by atomic mass is 10.1. The smallest absolute Gasteiger partial charge is 0.414 e. The highest BCUT2D eigenvalue weighted by Gasteiger charge is 2.32. The van der Waals surface area contributed by atoms with E-state index in [4.69, 9.17) is 14.6 Å². The first-order valence-corrected chi connectivity index (χ1v) is 8.76. The van der Waals surface area contributed by atoms with Gasteiger partial charge in [0.1, 0.15) is 24.3 Å². The first kappa shape index (κ1) is 19.7. The molecule has 0 aromatic heterocycles. The van der Waals surface area contributed by atoms with Crippen LogP contribution >= 0.6 is 0 Å². The van der Waals surface area contributed by atoms with E-state index in [9.17, 15) is 14.3 Å². The molecule has 1 fully saturated rings. The number of benzene rings is 2. The van der Waals surface area contributed by atoms with Crippen molar-refractivity contribution < 1.29 is 28.9 Å². The molecule has 6 nitrogen and oxygen atoms in total. The molecule has 1 unspecified atom stereocenters. The normalized spacial score (nSPS) is 16.9. The van der Waals surface area contributed by atoms with Crippen LogP contribution in [0.25, 0.3) is 0 Å². The van der Waals surface area contributed by atoms with Gasteiger partial charge in [0.05, 0.1) is 30.5 Å². The Morgan fingerprint density at radius 2 is 2.07 bits per heavy atom. The molecule has 146 valence electrons. The van der Waals surface area contributed by atoms with E-state index in [0.29, 0.717) is 11.4 Å². The number of carbonyl (C=O) groups is 1. The van der Waals surface area contributed by atoms with Crippen LogP contribution in [0.3, 0.4) is 0 Å². The van der Waals surface area contributed by atoms with E-state index in [1.54, 1.807) is 37.3 Å². The number of aliphatic hydroxyl groups excluding tert-OH is 2. The SMILES string of the molecule is CC(O)c1ccc(OCC#Cc2ccc(N3C[C@H](CO)OC3=O)cc2F)cc1. The van der Waals surface area contributed by atoms with Crippen molar-refractivity contribution in [2.75, 3.05) is 24.7 Å². The zero-order chi connectivity index (χ0) is 20.1. The Hall–Kier alpha value is -3.08. The van der Waals surface area contributed by atoms with Crippen molar-refractivity contribution in [3.63, 3.8) is 0 Å². The van der Waals surface area contributed by atoms with E-state index >= 15 is 0 Å². The minimum absolute atomic E-state index is 0.0752. The summed E-state index contributed by atoms with van der Waals surface area (Å²) >= 11 is 0. The van der Waals surface area contributed by atoms with Gasteiger partial charge in [-0.3, -0.25) is 4.90 Å². The van der Waals surface area contributed by atoms with E-state index in [1.807, 2.05) is 0 Å². The zero-order valence-electron chi connectivity index (χ0n) is 15.3. The van der Waals surface area contributed by atoms with E-state index in [1.165, 1.54) is 17.0 Å². The highest BCUT2D eigenvalue weighted by molar-refractivity contribution is 5.89. The maximum absolute atomic E-state index is 14.3. The molecule has 0 aliphatic carbocycles. The van der Waals surface area contributed by atoms with Gasteiger partial charge in [-0.15, -0.1) is 0 Å². The van der Waals surface area contributed by atoms with Gasteiger partial charge in [-0.25, -0.2) is 9.18 Å². The fourth-order valence-electron chi connectivity index (χ4n) is 2.69. The Kier molecular flexibility index (Phi) is 6.14. The fraction of sp³-hybridized carbons (Fsp3) is 0.286. The van der Waals surface area contributed by atoms with E-state index in [-0.39, 0.29) is 25.3 Å². The summed E-state index contributed by atoms with van der Waals surface area (Å²) in [6.45, 7) is 1.64. The maximum atomic E-state index is 14.3. The van der Waals surface area contributed by atoms with Crippen LogP contribution < -0.4 is 9.64 Å². The number of hydrogen-bond donors (Lipinski definition) is 2. The molecule has 1 saturated heterocycles. The number of halogens is 1. The van der Waals surface area contributed by atoms with Gasteiger partial charge >= 0.3 is 6.09 Å². The number of nitrogens with zero attached hydrogens (tertiary/aromatic N) is 1. The lowest BCUT2D eigenvalue weighted by Gasteiger charge is -2.13. The van der Waals surface area contributed by atoms with Gasteiger partial charge in [0.25, 0.3) is 0 Å². The zero-order valence-corrected chi connectivity index (χ0v) is 15.3. The number of anilines is 1. The number of amides is 1. The molecular formula is C21H20FNO5. The molecule has 2 aromatic rings. The first-order valence-electron chi connectivity index (χ1n) is 8.76. The Morgan fingerprint density at radius 1 is 1.32 bits per heavy atom. The molecule has 3 rings (SSSR count). The van der Waals surface area contributed by atoms with Crippen LogP contribution in [0.4, 0.5) is 14.9 Å². The van der Waals surface area contributed by atoms with Crippen LogP contribution in [0.1, 0.15) is 24.2 Å². The highest BCUT2D eigenvalue weighted by atomic mass is 19.1. The molecule has 1 aliphatic heterocycles. The molecule has 2 N–H and O–H groups in total. The van der Waals surface area contributed by atoms with E-state index < -0.39 is 24.1 Å². The van der Waals surface area contributed by atoms with Crippen molar-refractivity contribution in [2.45, 2.75) is 19.1 Å². The largest absolute Gasteiger partial charge is 0.481 e. The van der Waals surface area contributed by atoms with Gasteiger partial charge < -0.3 is 19.7 Å². The predicted molar refractivity (Wildman–Crippen MR) is 101 cm³/mol. The molecule has 2 atom stereocenters. The maximum Gasteiger partial charge on any atom is 0.414 e. The number of rotatable bonds is 5.